The molecule has 1 saturated heterocycles. The lowest BCUT2D eigenvalue weighted by molar-refractivity contribution is -0.120. The molecular formula is C17H24N2O2S. The van der Waals surface area contributed by atoms with Crippen LogP contribution in [0.15, 0.2) is 24.3 Å². The predicted molar refractivity (Wildman–Crippen MR) is 91.0 cm³/mol. The molecule has 1 aromatic rings. The number of thioether (sulfide) groups is 1. The minimum Gasteiger partial charge on any atom is -0.352 e. The first kappa shape index (κ1) is 16.9. The van der Waals surface area contributed by atoms with Crippen LogP contribution in [0.3, 0.4) is 0 Å². The summed E-state index contributed by atoms with van der Waals surface area (Å²) in [4.78, 5) is 25.8. The summed E-state index contributed by atoms with van der Waals surface area (Å²) in [6.45, 7) is 4.35. The van der Waals surface area contributed by atoms with Crippen molar-refractivity contribution in [3.8, 4) is 0 Å². The zero-order valence-electron chi connectivity index (χ0n) is 13.1. The molecule has 0 spiro atoms. The summed E-state index contributed by atoms with van der Waals surface area (Å²) in [6.07, 6.45) is 2.77. The van der Waals surface area contributed by atoms with Gasteiger partial charge in [-0.15, -0.1) is 0 Å². The monoisotopic (exact) mass is 320 g/mol. The Bertz CT molecular complexity index is 496. The third-order valence-electron chi connectivity index (χ3n) is 3.76. The molecule has 1 fully saturated rings. The molecule has 2 rings (SSSR count). The number of likely N-dealkylation sites (tertiary alicyclic amines) is 1. The van der Waals surface area contributed by atoms with Gasteiger partial charge in [0.15, 0.2) is 0 Å². The van der Waals surface area contributed by atoms with E-state index in [0.29, 0.717) is 13.0 Å². The van der Waals surface area contributed by atoms with E-state index in [9.17, 15) is 9.59 Å². The zero-order chi connectivity index (χ0) is 15.8. The Labute approximate surface area is 136 Å². The quantitative estimate of drug-likeness (QED) is 0.786. The van der Waals surface area contributed by atoms with Crippen molar-refractivity contribution in [1.29, 1.82) is 0 Å². The van der Waals surface area contributed by atoms with Crippen LogP contribution in [0, 0.1) is 0 Å². The van der Waals surface area contributed by atoms with Gasteiger partial charge in [-0.05, 0) is 36.3 Å². The lowest BCUT2D eigenvalue weighted by Crippen LogP contribution is -2.27. The molecular weight excluding hydrogens is 296 g/mol. The van der Waals surface area contributed by atoms with Gasteiger partial charge in [-0.3, -0.25) is 9.59 Å². The molecule has 0 aromatic heterocycles. The van der Waals surface area contributed by atoms with Gasteiger partial charge in [0.25, 0.3) is 5.91 Å². The molecule has 5 heteroatoms. The highest BCUT2D eigenvalue weighted by atomic mass is 32.2. The Balaban J connectivity index is 1.79. The normalized spacial score (nSPS) is 14.1. The van der Waals surface area contributed by atoms with Crippen molar-refractivity contribution < 1.29 is 9.59 Å². The fourth-order valence-electron chi connectivity index (χ4n) is 2.47. The number of carbonyl (C=O) groups is 2. The lowest BCUT2D eigenvalue weighted by Gasteiger charge is -2.15. The Kier molecular flexibility index (Phi) is 6.77. The van der Waals surface area contributed by atoms with Crippen LogP contribution < -0.4 is 5.32 Å². The molecule has 1 aromatic carbocycles. The molecule has 4 nitrogen and oxygen atoms in total. The van der Waals surface area contributed by atoms with Crippen molar-refractivity contribution >= 4 is 23.6 Å². The van der Waals surface area contributed by atoms with Crippen molar-refractivity contribution in [2.75, 3.05) is 24.6 Å². The number of benzene rings is 1. The van der Waals surface area contributed by atoms with Crippen LogP contribution in [0.5, 0.6) is 0 Å². The van der Waals surface area contributed by atoms with Crippen molar-refractivity contribution in [3.63, 3.8) is 0 Å². The first-order chi connectivity index (χ1) is 10.7. The van der Waals surface area contributed by atoms with Crippen molar-refractivity contribution in [1.82, 2.24) is 10.2 Å². The average molecular weight is 320 g/mol. The first-order valence-corrected chi connectivity index (χ1v) is 9.09. The third kappa shape index (κ3) is 5.05. The van der Waals surface area contributed by atoms with E-state index in [1.165, 1.54) is 0 Å². The average Bonchev–Trinajstić information content (AvgIpc) is 3.07. The summed E-state index contributed by atoms with van der Waals surface area (Å²) >= 11 is 1.77. The summed E-state index contributed by atoms with van der Waals surface area (Å²) < 4.78 is 0. The SMILES string of the molecule is CCSCCC(=O)NCc1ccc(C(=O)N2CCCC2)cc1. The van der Waals surface area contributed by atoms with Gasteiger partial charge in [-0.2, -0.15) is 11.8 Å². The van der Waals surface area contributed by atoms with Crippen LogP contribution in [0.2, 0.25) is 0 Å². The first-order valence-electron chi connectivity index (χ1n) is 7.93. The number of nitrogens with zero attached hydrogens (tertiary/aromatic N) is 1. The predicted octanol–water partition coefficient (Wildman–Crippen LogP) is 2.68. The van der Waals surface area contributed by atoms with Crippen LogP contribution in [0.4, 0.5) is 0 Å². The molecule has 0 aliphatic carbocycles. The molecule has 0 atom stereocenters. The van der Waals surface area contributed by atoms with Crippen LogP contribution in [-0.4, -0.2) is 41.3 Å². The van der Waals surface area contributed by atoms with Crippen LogP contribution in [0.1, 0.15) is 42.1 Å². The molecule has 1 aliphatic heterocycles. The fourth-order valence-corrected chi connectivity index (χ4v) is 3.08. The number of hydrogen-bond acceptors (Lipinski definition) is 3. The van der Waals surface area contributed by atoms with Gasteiger partial charge in [0.2, 0.25) is 5.91 Å². The van der Waals surface area contributed by atoms with Gasteiger partial charge >= 0.3 is 0 Å². The minimum absolute atomic E-state index is 0.0816. The largest absolute Gasteiger partial charge is 0.352 e. The molecule has 0 unspecified atom stereocenters. The van der Waals surface area contributed by atoms with Gasteiger partial charge in [-0.25, -0.2) is 0 Å². The number of amides is 2. The van der Waals surface area contributed by atoms with Crippen molar-refractivity contribution in [3.05, 3.63) is 35.4 Å². The van der Waals surface area contributed by atoms with Gasteiger partial charge in [0.05, 0.1) is 0 Å². The molecule has 1 aliphatic rings. The molecule has 2 amide bonds. The van der Waals surface area contributed by atoms with E-state index in [0.717, 1.165) is 48.6 Å². The van der Waals surface area contributed by atoms with E-state index in [4.69, 9.17) is 0 Å². The van der Waals surface area contributed by atoms with Crippen molar-refractivity contribution in [2.45, 2.75) is 32.7 Å². The lowest BCUT2D eigenvalue weighted by atomic mass is 10.1. The molecule has 0 saturated carbocycles. The summed E-state index contributed by atoms with van der Waals surface area (Å²) in [6, 6.07) is 7.55. The highest BCUT2D eigenvalue weighted by Crippen LogP contribution is 2.13. The van der Waals surface area contributed by atoms with Gasteiger partial charge in [0, 0.05) is 37.4 Å². The Morgan fingerprint density at radius 1 is 1.18 bits per heavy atom. The van der Waals surface area contributed by atoms with E-state index in [1.54, 1.807) is 11.8 Å². The Morgan fingerprint density at radius 2 is 1.86 bits per heavy atom. The summed E-state index contributed by atoms with van der Waals surface area (Å²) in [5.41, 5.74) is 1.76. The molecule has 120 valence electrons. The third-order valence-corrected chi connectivity index (χ3v) is 4.66. The van der Waals surface area contributed by atoms with E-state index in [1.807, 2.05) is 29.2 Å². The second kappa shape index (κ2) is 8.83. The smallest absolute Gasteiger partial charge is 0.253 e. The summed E-state index contributed by atoms with van der Waals surface area (Å²) in [5.74, 6) is 2.11. The second-order valence-electron chi connectivity index (χ2n) is 5.42. The number of carbonyl (C=O) groups excluding carboxylic acids is 2. The van der Waals surface area contributed by atoms with Gasteiger partial charge in [0.1, 0.15) is 0 Å². The number of hydrogen-bond donors (Lipinski definition) is 1. The van der Waals surface area contributed by atoms with Crippen molar-refractivity contribution in [2.24, 2.45) is 0 Å². The maximum atomic E-state index is 12.2. The highest BCUT2D eigenvalue weighted by Gasteiger charge is 2.19. The second-order valence-corrected chi connectivity index (χ2v) is 6.81. The Morgan fingerprint density at radius 3 is 2.50 bits per heavy atom. The minimum atomic E-state index is 0.0816. The summed E-state index contributed by atoms with van der Waals surface area (Å²) in [5, 5.41) is 2.91. The maximum absolute atomic E-state index is 12.2. The van der Waals surface area contributed by atoms with Crippen LogP contribution >= 0.6 is 11.8 Å². The number of nitrogens with one attached hydrogen (secondary N) is 1. The standard InChI is InChI=1S/C17H24N2O2S/c1-2-22-12-9-16(20)18-13-14-5-7-15(8-6-14)17(21)19-10-3-4-11-19/h5-8H,2-4,9-13H2,1H3,(H,18,20). The maximum Gasteiger partial charge on any atom is 0.253 e. The van der Waals surface area contributed by atoms with E-state index in [-0.39, 0.29) is 11.8 Å². The van der Waals surface area contributed by atoms with Gasteiger partial charge in [-0.1, -0.05) is 19.1 Å². The van der Waals surface area contributed by atoms with Crippen LogP contribution in [0.25, 0.3) is 0 Å². The van der Waals surface area contributed by atoms with Gasteiger partial charge < -0.3 is 10.2 Å². The number of rotatable bonds is 7. The van der Waals surface area contributed by atoms with E-state index >= 15 is 0 Å². The zero-order valence-corrected chi connectivity index (χ0v) is 14.0. The topological polar surface area (TPSA) is 49.4 Å². The molecule has 22 heavy (non-hydrogen) atoms. The molecule has 1 heterocycles. The fraction of sp³-hybridized carbons (Fsp3) is 0.529. The Hall–Kier alpha value is -1.49. The van der Waals surface area contributed by atoms with E-state index < -0.39 is 0 Å². The van der Waals surface area contributed by atoms with Crippen LogP contribution in [-0.2, 0) is 11.3 Å². The van der Waals surface area contributed by atoms with E-state index in [2.05, 4.69) is 12.2 Å². The molecule has 1 N–H and O–H groups in total. The molecule has 0 radical (unpaired) electrons. The summed E-state index contributed by atoms with van der Waals surface area (Å²) in [7, 11) is 0. The highest BCUT2D eigenvalue weighted by molar-refractivity contribution is 7.99. The molecule has 0 bridgehead atoms.